The van der Waals surface area contributed by atoms with Crippen molar-refractivity contribution in [1.82, 2.24) is 10.6 Å². The van der Waals surface area contributed by atoms with Gasteiger partial charge in [0.05, 0.1) is 6.10 Å². The van der Waals surface area contributed by atoms with Crippen LogP contribution < -0.4 is 10.6 Å². The Morgan fingerprint density at radius 3 is 2.62 bits per heavy atom. The van der Waals surface area contributed by atoms with Gasteiger partial charge in [0.1, 0.15) is 11.6 Å². The Morgan fingerprint density at radius 1 is 1.33 bits per heavy atom. The summed E-state index contributed by atoms with van der Waals surface area (Å²) < 4.78 is 26.4. The number of hydrogen-bond donors (Lipinski definition) is 3. The van der Waals surface area contributed by atoms with Gasteiger partial charge in [-0.05, 0) is 37.0 Å². The van der Waals surface area contributed by atoms with E-state index in [0.717, 1.165) is 18.2 Å². The van der Waals surface area contributed by atoms with Crippen LogP contribution in [0.3, 0.4) is 0 Å². The van der Waals surface area contributed by atoms with Gasteiger partial charge in [-0.2, -0.15) is 0 Å². The van der Waals surface area contributed by atoms with Crippen molar-refractivity contribution in [2.24, 2.45) is 5.41 Å². The normalized spacial score (nSPS) is 12.9. The second-order valence-corrected chi connectivity index (χ2v) is 5.99. The van der Waals surface area contributed by atoms with Crippen molar-refractivity contribution in [3.05, 3.63) is 35.4 Å². The van der Waals surface area contributed by atoms with Gasteiger partial charge < -0.3 is 15.7 Å². The minimum atomic E-state index is -0.564. The highest BCUT2D eigenvalue weighted by Crippen LogP contribution is 2.20. The summed E-state index contributed by atoms with van der Waals surface area (Å²) in [5.74, 6) is -1.11. The van der Waals surface area contributed by atoms with Gasteiger partial charge in [0.25, 0.3) is 0 Å². The molecule has 3 N–H and O–H groups in total. The van der Waals surface area contributed by atoms with Crippen LogP contribution >= 0.6 is 0 Å². The van der Waals surface area contributed by atoms with Crippen molar-refractivity contribution < 1.29 is 18.7 Å². The summed E-state index contributed by atoms with van der Waals surface area (Å²) in [6.07, 6.45) is 0.0949. The van der Waals surface area contributed by atoms with Gasteiger partial charge in [0, 0.05) is 18.7 Å². The monoisotopic (exact) mass is 300 g/mol. The Balaban J connectivity index is 2.42. The van der Waals surface area contributed by atoms with E-state index in [9.17, 15) is 18.7 Å². The summed E-state index contributed by atoms with van der Waals surface area (Å²) in [6.45, 7) is 5.81. The number of benzene rings is 1. The lowest BCUT2D eigenvalue weighted by atomic mass is 9.87. The van der Waals surface area contributed by atoms with E-state index in [0.29, 0.717) is 13.0 Å². The molecule has 2 amide bonds. The molecule has 0 heterocycles. The van der Waals surface area contributed by atoms with E-state index in [2.05, 4.69) is 10.6 Å². The van der Waals surface area contributed by atoms with Gasteiger partial charge in [-0.25, -0.2) is 13.6 Å². The third kappa shape index (κ3) is 6.53. The minimum Gasteiger partial charge on any atom is -0.393 e. The first-order chi connectivity index (χ1) is 9.69. The highest BCUT2D eigenvalue weighted by molar-refractivity contribution is 5.73. The van der Waals surface area contributed by atoms with Gasteiger partial charge in [-0.3, -0.25) is 0 Å². The van der Waals surface area contributed by atoms with Crippen molar-refractivity contribution in [2.75, 3.05) is 6.54 Å². The second-order valence-electron chi connectivity index (χ2n) is 5.99. The SMILES string of the molecule is CC(O)CC(C)(C)CNC(=O)NCc1cc(F)ccc1F. The van der Waals surface area contributed by atoms with Crippen molar-refractivity contribution in [3.8, 4) is 0 Å². The van der Waals surface area contributed by atoms with E-state index in [1.807, 2.05) is 13.8 Å². The smallest absolute Gasteiger partial charge is 0.315 e. The summed E-state index contributed by atoms with van der Waals surface area (Å²) in [5.41, 5.74) is -0.163. The largest absolute Gasteiger partial charge is 0.393 e. The molecule has 1 atom stereocenters. The molecule has 0 saturated heterocycles. The number of carbonyl (C=O) groups excluding carboxylic acids is 1. The number of hydrogen-bond acceptors (Lipinski definition) is 2. The van der Waals surface area contributed by atoms with Crippen LogP contribution in [0.2, 0.25) is 0 Å². The van der Waals surface area contributed by atoms with Crippen molar-refractivity contribution >= 4 is 6.03 Å². The van der Waals surface area contributed by atoms with Crippen LogP contribution in [0.5, 0.6) is 0 Å². The molecule has 0 spiro atoms. The van der Waals surface area contributed by atoms with Gasteiger partial charge in [-0.15, -0.1) is 0 Å². The van der Waals surface area contributed by atoms with Gasteiger partial charge >= 0.3 is 6.03 Å². The number of aliphatic hydroxyl groups is 1. The topological polar surface area (TPSA) is 61.4 Å². The first-order valence-corrected chi connectivity index (χ1v) is 6.83. The van der Waals surface area contributed by atoms with Crippen molar-refractivity contribution in [2.45, 2.75) is 39.8 Å². The Hall–Kier alpha value is -1.69. The molecule has 0 fully saturated rings. The lowest BCUT2D eigenvalue weighted by molar-refractivity contribution is 0.129. The van der Waals surface area contributed by atoms with Crippen LogP contribution in [0.15, 0.2) is 18.2 Å². The number of halogens is 2. The second kappa shape index (κ2) is 7.36. The van der Waals surface area contributed by atoms with Gasteiger partial charge in [-0.1, -0.05) is 13.8 Å². The van der Waals surface area contributed by atoms with Crippen LogP contribution in [0, 0.1) is 17.0 Å². The predicted molar refractivity (Wildman–Crippen MR) is 76.7 cm³/mol. The van der Waals surface area contributed by atoms with Crippen molar-refractivity contribution in [1.29, 1.82) is 0 Å². The molecule has 6 heteroatoms. The number of rotatable bonds is 6. The fraction of sp³-hybridized carbons (Fsp3) is 0.533. The molecule has 0 aliphatic carbocycles. The Bertz CT molecular complexity index is 491. The molecule has 1 aromatic carbocycles. The maximum absolute atomic E-state index is 13.4. The Morgan fingerprint density at radius 2 is 2.00 bits per heavy atom. The third-order valence-corrected chi connectivity index (χ3v) is 3.02. The Labute approximate surface area is 123 Å². The maximum Gasteiger partial charge on any atom is 0.315 e. The van der Waals surface area contributed by atoms with E-state index in [1.54, 1.807) is 6.92 Å². The summed E-state index contributed by atoms with van der Waals surface area (Å²) in [7, 11) is 0. The molecule has 4 nitrogen and oxygen atoms in total. The van der Waals surface area contributed by atoms with E-state index < -0.39 is 23.8 Å². The zero-order chi connectivity index (χ0) is 16.0. The highest BCUT2D eigenvalue weighted by Gasteiger charge is 2.21. The van der Waals surface area contributed by atoms with Gasteiger partial charge in [0.15, 0.2) is 0 Å². The van der Waals surface area contributed by atoms with E-state index in [4.69, 9.17) is 0 Å². The fourth-order valence-electron chi connectivity index (χ4n) is 2.11. The zero-order valence-electron chi connectivity index (χ0n) is 12.5. The molecule has 1 aromatic rings. The molecule has 0 aliphatic rings. The van der Waals surface area contributed by atoms with E-state index >= 15 is 0 Å². The molecular formula is C15H22F2N2O2. The number of nitrogens with one attached hydrogen (secondary N) is 2. The first-order valence-electron chi connectivity index (χ1n) is 6.83. The van der Waals surface area contributed by atoms with Crippen LogP contribution in [-0.4, -0.2) is 23.8 Å². The molecule has 1 unspecified atom stereocenters. The van der Waals surface area contributed by atoms with E-state index in [1.165, 1.54) is 0 Å². The molecule has 0 saturated carbocycles. The fourth-order valence-corrected chi connectivity index (χ4v) is 2.11. The number of amides is 2. The van der Waals surface area contributed by atoms with Crippen molar-refractivity contribution in [3.63, 3.8) is 0 Å². The average Bonchev–Trinajstić information content (AvgIpc) is 2.36. The number of carbonyl (C=O) groups is 1. The summed E-state index contributed by atoms with van der Waals surface area (Å²) in [6, 6.07) is 2.64. The molecule has 0 radical (unpaired) electrons. The molecule has 118 valence electrons. The van der Waals surface area contributed by atoms with E-state index in [-0.39, 0.29) is 17.5 Å². The molecule has 1 rings (SSSR count). The summed E-state index contributed by atoms with van der Waals surface area (Å²) >= 11 is 0. The Kier molecular flexibility index (Phi) is 6.08. The molecule has 0 aliphatic heterocycles. The molecule has 0 bridgehead atoms. The van der Waals surface area contributed by atoms with Gasteiger partial charge in [0.2, 0.25) is 0 Å². The predicted octanol–water partition coefficient (Wildman–Crippen LogP) is 2.56. The third-order valence-electron chi connectivity index (χ3n) is 3.02. The highest BCUT2D eigenvalue weighted by atomic mass is 19.1. The first kappa shape index (κ1) is 17.4. The lowest BCUT2D eigenvalue weighted by Gasteiger charge is -2.26. The lowest BCUT2D eigenvalue weighted by Crippen LogP contribution is -2.41. The summed E-state index contributed by atoms with van der Waals surface area (Å²) in [4.78, 5) is 11.6. The molecule has 0 aromatic heterocycles. The summed E-state index contributed by atoms with van der Waals surface area (Å²) in [5, 5.41) is 14.5. The number of aliphatic hydroxyl groups excluding tert-OH is 1. The quantitative estimate of drug-likeness (QED) is 0.756. The standard InChI is InChI=1S/C15H22F2N2O2/c1-10(20)7-15(2,3)9-19-14(21)18-8-11-6-12(16)4-5-13(11)17/h4-6,10,20H,7-9H2,1-3H3,(H2,18,19,21). The zero-order valence-corrected chi connectivity index (χ0v) is 12.5. The maximum atomic E-state index is 13.4. The average molecular weight is 300 g/mol. The molecule has 21 heavy (non-hydrogen) atoms. The van der Waals surface area contributed by atoms with Crippen LogP contribution in [0.4, 0.5) is 13.6 Å². The van der Waals surface area contributed by atoms with Crippen LogP contribution in [-0.2, 0) is 6.54 Å². The molecular weight excluding hydrogens is 278 g/mol. The van der Waals surface area contributed by atoms with Crippen LogP contribution in [0.25, 0.3) is 0 Å². The minimum absolute atomic E-state index is 0.0910. The number of urea groups is 1. The van der Waals surface area contributed by atoms with Crippen LogP contribution in [0.1, 0.15) is 32.8 Å².